The van der Waals surface area contributed by atoms with Crippen LogP contribution < -0.4 is 5.32 Å². The van der Waals surface area contributed by atoms with Gasteiger partial charge in [0.2, 0.25) is 15.9 Å². The van der Waals surface area contributed by atoms with E-state index in [1.807, 2.05) is 0 Å². The third kappa shape index (κ3) is 4.27. The van der Waals surface area contributed by atoms with Crippen LogP contribution in [0.1, 0.15) is 41.7 Å². The first-order valence-electron chi connectivity index (χ1n) is 7.30. The van der Waals surface area contributed by atoms with E-state index in [2.05, 4.69) is 10.3 Å². The Morgan fingerprint density at radius 1 is 1.52 bits per heavy atom. The fraction of sp³-hybridized carbons (Fsp3) is 0.615. The summed E-state index contributed by atoms with van der Waals surface area (Å²) in [6, 6.07) is -0.689. The molecule has 1 aliphatic heterocycles. The standard InChI is InChI=1S/C13H19N3O5S2/c1-2-6-23(20,21)16-5-3-4-10(16)12(17)14-7-11-15-9(8-22-11)13(18)19/h8,10H,2-7H2,1H3,(H,14,17)(H,18,19). The summed E-state index contributed by atoms with van der Waals surface area (Å²) in [5.74, 6) is -1.45. The van der Waals surface area contributed by atoms with Crippen molar-refractivity contribution in [2.75, 3.05) is 12.3 Å². The minimum atomic E-state index is -3.41. The van der Waals surface area contributed by atoms with Crippen molar-refractivity contribution in [2.45, 2.75) is 38.8 Å². The molecule has 1 saturated heterocycles. The first-order chi connectivity index (χ1) is 10.8. The molecule has 0 bridgehead atoms. The third-order valence-electron chi connectivity index (χ3n) is 3.51. The molecule has 1 amide bonds. The molecular formula is C13H19N3O5S2. The van der Waals surface area contributed by atoms with Gasteiger partial charge < -0.3 is 10.4 Å². The molecule has 1 aliphatic rings. The molecule has 2 N–H and O–H groups in total. The summed E-state index contributed by atoms with van der Waals surface area (Å²) < 4.78 is 25.6. The number of rotatable bonds is 7. The molecule has 1 atom stereocenters. The number of carboxylic acid groups (broad SMARTS) is 1. The Kier molecular flexibility index (Phi) is 5.71. The highest BCUT2D eigenvalue weighted by Crippen LogP contribution is 2.22. The largest absolute Gasteiger partial charge is 0.476 e. The SMILES string of the molecule is CCCS(=O)(=O)N1CCCC1C(=O)NCc1nc(C(=O)O)cs1. The van der Waals surface area contributed by atoms with Gasteiger partial charge in [-0.2, -0.15) is 4.31 Å². The third-order valence-corrected chi connectivity index (χ3v) is 6.44. The van der Waals surface area contributed by atoms with Gasteiger partial charge in [-0.15, -0.1) is 11.3 Å². The smallest absolute Gasteiger partial charge is 0.355 e. The van der Waals surface area contributed by atoms with E-state index in [1.54, 1.807) is 6.92 Å². The van der Waals surface area contributed by atoms with E-state index < -0.39 is 22.0 Å². The lowest BCUT2D eigenvalue weighted by Crippen LogP contribution is -2.46. The van der Waals surface area contributed by atoms with Gasteiger partial charge in [0, 0.05) is 11.9 Å². The van der Waals surface area contributed by atoms with Crippen LogP contribution in [0.3, 0.4) is 0 Å². The zero-order valence-electron chi connectivity index (χ0n) is 12.7. The Bertz CT molecular complexity index is 686. The van der Waals surface area contributed by atoms with Crippen molar-refractivity contribution in [1.82, 2.24) is 14.6 Å². The molecule has 2 heterocycles. The molecule has 1 aromatic heterocycles. The number of hydrogen-bond acceptors (Lipinski definition) is 6. The second kappa shape index (κ2) is 7.37. The molecule has 0 aromatic carbocycles. The van der Waals surface area contributed by atoms with Crippen LogP contribution in [0, 0.1) is 0 Å². The van der Waals surface area contributed by atoms with Crippen molar-refractivity contribution >= 4 is 33.2 Å². The summed E-state index contributed by atoms with van der Waals surface area (Å²) >= 11 is 1.14. The molecular weight excluding hydrogens is 342 g/mol. The van der Waals surface area contributed by atoms with E-state index in [4.69, 9.17) is 5.11 Å². The Hall–Kier alpha value is -1.52. The van der Waals surface area contributed by atoms with Crippen LogP contribution in [0.25, 0.3) is 0 Å². The van der Waals surface area contributed by atoms with Gasteiger partial charge in [-0.25, -0.2) is 18.2 Å². The van der Waals surface area contributed by atoms with Crippen LogP contribution in [0.4, 0.5) is 0 Å². The van der Waals surface area contributed by atoms with Crippen molar-refractivity contribution in [3.8, 4) is 0 Å². The van der Waals surface area contributed by atoms with E-state index in [1.165, 1.54) is 9.69 Å². The zero-order valence-corrected chi connectivity index (χ0v) is 14.3. The summed E-state index contributed by atoms with van der Waals surface area (Å²) in [6.07, 6.45) is 1.65. The highest BCUT2D eigenvalue weighted by atomic mass is 32.2. The lowest BCUT2D eigenvalue weighted by molar-refractivity contribution is -0.124. The number of nitrogens with zero attached hydrogens (tertiary/aromatic N) is 2. The first kappa shape index (κ1) is 17.8. The minimum Gasteiger partial charge on any atom is -0.476 e. The number of sulfonamides is 1. The van der Waals surface area contributed by atoms with Crippen molar-refractivity contribution in [2.24, 2.45) is 0 Å². The number of carboxylic acids is 1. The second-order valence-corrected chi connectivity index (χ2v) is 8.22. The van der Waals surface area contributed by atoms with Gasteiger partial charge in [0.05, 0.1) is 12.3 Å². The van der Waals surface area contributed by atoms with Crippen molar-refractivity contribution < 1.29 is 23.1 Å². The minimum absolute atomic E-state index is 0.0330. The number of amides is 1. The Balaban J connectivity index is 1.97. The van der Waals surface area contributed by atoms with Gasteiger partial charge in [-0.1, -0.05) is 6.92 Å². The number of nitrogens with one attached hydrogen (secondary N) is 1. The number of hydrogen-bond donors (Lipinski definition) is 2. The predicted octanol–water partition coefficient (Wildman–Crippen LogP) is 0.662. The average Bonchev–Trinajstić information content (AvgIpc) is 3.14. The molecule has 0 radical (unpaired) electrons. The lowest BCUT2D eigenvalue weighted by Gasteiger charge is -2.22. The topological polar surface area (TPSA) is 117 Å². The molecule has 0 saturated carbocycles. The monoisotopic (exact) mass is 361 g/mol. The van der Waals surface area contributed by atoms with Gasteiger partial charge in [0.25, 0.3) is 0 Å². The van der Waals surface area contributed by atoms with Crippen LogP contribution in [-0.2, 0) is 21.4 Å². The van der Waals surface area contributed by atoms with E-state index >= 15 is 0 Å². The molecule has 2 rings (SSSR count). The number of thiazole rings is 1. The fourth-order valence-electron chi connectivity index (χ4n) is 2.48. The first-order valence-corrected chi connectivity index (χ1v) is 9.79. The van der Waals surface area contributed by atoms with Crippen molar-refractivity contribution in [3.05, 3.63) is 16.1 Å². The average molecular weight is 361 g/mol. The number of carbonyl (C=O) groups excluding carboxylic acids is 1. The molecule has 23 heavy (non-hydrogen) atoms. The molecule has 1 fully saturated rings. The number of aromatic carboxylic acids is 1. The normalized spacial score (nSPS) is 18.9. The fourth-order valence-corrected chi connectivity index (χ4v) is 4.94. The molecule has 1 aromatic rings. The number of aromatic nitrogens is 1. The highest BCUT2D eigenvalue weighted by Gasteiger charge is 2.37. The van der Waals surface area contributed by atoms with Crippen LogP contribution in [0.15, 0.2) is 5.38 Å². The molecule has 0 aliphatic carbocycles. The molecule has 0 spiro atoms. The molecule has 128 valence electrons. The zero-order chi connectivity index (χ0) is 17.0. The van der Waals surface area contributed by atoms with Crippen LogP contribution in [-0.4, -0.2) is 53.0 Å². The van der Waals surface area contributed by atoms with Gasteiger partial charge in [0.15, 0.2) is 5.69 Å². The Morgan fingerprint density at radius 2 is 2.26 bits per heavy atom. The summed E-state index contributed by atoms with van der Waals surface area (Å²) in [7, 11) is -3.41. The van der Waals surface area contributed by atoms with Gasteiger partial charge in [-0.05, 0) is 19.3 Å². The van der Waals surface area contributed by atoms with E-state index in [0.717, 1.165) is 11.3 Å². The summed E-state index contributed by atoms with van der Waals surface area (Å²) in [6.45, 7) is 2.24. The summed E-state index contributed by atoms with van der Waals surface area (Å²) in [5.41, 5.74) is -0.0627. The van der Waals surface area contributed by atoms with E-state index in [-0.39, 0.29) is 23.9 Å². The maximum absolute atomic E-state index is 12.3. The van der Waals surface area contributed by atoms with Gasteiger partial charge in [0.1, 0.15) is 11.0 Å². The predicted molar refractivity (Wildman–Crippen MR) is 84.7 cm³/mol. The maximum atomic E-state index is 12.3. The van der Waals surface area contributed by atoms with E-state index in [0.29, 0.717) is 30.8 Å². The summed E-state index contributed by atoms with van der Waals surface area (Å²) in [5, 5.41) is 13.3. The molecule has 8 nitrogen and oxygen atoms in total. The Morgan fingerprint density at radius 3 is 2.87 bits per heavy atom. The van der Waals surface area contributed by atoms with Gasteiger partial charge in [-0.3, -0.25) is 4.79 Å². The lowest BCUT2D eigenvalue weighted by atomic mass is 10.2. The second-order valence-electron chi connectivity index (χ2n) is 5.23. The van der Waals surface area contributed by atoms with Crippen molar-refractivity contribution in [1.29, 1.82) is 0 Å². The van der Waals surface area contributed by atoms with Crippen LogP contribution in [0.5, 0.6) is 0 Å². The maximum Gasteiger partial charge on any atom is 0.355 e. The number of carbonyl (C=O) groups is 2. The van der Waals surface area contributed by atoms with Crippen LogP contribution in [0.2, 0.25) is 0 Å². The summed E-state index contributed by atoms with van der Waals surface area (Å²) in [4.78, 5) is 26.9. The van der Waals surface area contributed by atoms with E-state index in [9.17, 15) is 18.0 Å². The van der Waals surface area contributed by atoms with Crippen LogP contribution >= 0.6 is 11.3 Å². The highest BCUT2D eigenvalue weighted by molar-refractivity contribution is 7.89. The molecule has 10 heteroatoms. The quantitative estimate of drug-likeness (QED) is 0.737. The molecule has 1 unspecified atom stereocenters. The van der Waals surface area contributed by atoms with Gasteiger partial charge >= 0.3 is 5.97 Å². The Labute approximate surface area is 138 Å². The van der Waals surface area contributed by atoms with Crippen molar-refractivity contribution in [3.63, 3.8) is 0 Å².